The molecule has 3 rings (SSSR count). The molecule has 0 aliphatic carbocycles. The molecule has 0 unspecified atom stereocenters. The van der Waals surface area contributed by atoms with E-state index in [1.165, 1.54) is 23.9 Å². The zero-order chi connectivity index (χ0) is 21.7. The van der Waals surface area contributed by atoms with Gasteiger partial charge in [0, 0.05) is 11.6 Å². The van der Waals surface area contributed by atoms with E-state index in [1.807, 2.05) is 42.7 Å². The van der Waals surface area contributed by atoms with Crippen molar-refractivity contribution in [2.45, 2.75) is 32.2 Å². The number of benzene rings is 2. The fourth-order valence-electron chi connectivity index (χ4n) is 2.68. The normalized spacial score (nSPS) is 10.8. The van der Waals surface area contributed by atoms with Crippen molar-refractivity contribution in [1.29, 1.82) is 0 Å². The average molecular weight is 486 g/mol. The van der Waals surface area contributed by atoms with Crippen LogP contribution >= 0.6 is 46.6 Å². The molecule has 1 amide bonds. The van der Waals surface area contributed by atoms with Crippen molar-refractivity contribution in [2.24, 2.45) is 0 Å². The molecule has 158 valence electrons. The number of thioether (sulfide) groups is 1. The molecule has 0 aliphatic rings. The number of anilines is 1. The zero-order valence-corrected chi connectivity index (χ0v) is 19.4. The number of hydrogen-bond donors (Lipinski definition) is 1. The Morgan fingerprint density at radius 3 is 2.53 bits per heavy atom. The molecule has 1 N–H and O–H groups in total. The van der Waals surface area contributed by atoms with Crippen LogP contribution in [0.5, 0.6) is 5.75 Å². The Hall–Kier alpha value is -1.93. The van der Waals surface area contributed by atoms with Crippen LogP contribution in [-0.4, -0.2) is 26.4 Å². The summed E-state index contributed by atoms with van der Waals surface area (Å²) in [6.07, 6.45) is 0. The van der Waals surface area contributed by atoms with E-state index in [2.05, 4.69) is 15.5 Å². The Labute approximate surface area is 193 Å². The van der Waals surface area contributed by atoms with E-state index in [4.69, 9.17) is 39.5 Å². The molecule has 0 radical (unpaired) electrons. The summed E-state index contributed by atoms with van der Waals surface area (Å²) in [5.74, 6) is 1.34. The first-order valence-corrected chi connectivity index (χ1v) is 11.2. The third-order valence-corrected chi connectivity index (χ3v) is 5.94. The molecule has 0 saturated carbocycles. The van der Waals surface area contributed by atoms with Gasteiger partial charge in [-0.2, -0.15) is 0 Å². The second kappa shape index (κ2) is 10.4. The maximum Gasteiger partial charge on any atom is 0.234 e. The highest BCUT2D eigenvalue weighted by atomic mass is 35.5. The number of carbonyl (C=O) groups is 1. The van der Waals surface area contributed by atoms with Crippen molar-refractivity contribution in [3.8, 4) is 5.75 Å². The molecule has 1 aromatic heterocycles. The highest BCUT2D eigenvalue weighted by molar-refractivity contribution is 7.99. The molecule has 2 aromatic carbocycles. The van der Waals surface area contributed by atoms with Crippen LogP contribution in [-0.2, 0) is 17.9 Å². The SMILES string of the molecule is CCn1c(COc2ccccc2C)nnc1SCC(=O)Nc1c(Cl)cc(Cl)cc1Cl. The van der Waals surface area contributed by atoms with E-state index >= 15 is 0 Å². The van der Waals surface area contributed by atoms with Crippen molar-refractivity contribution >= 4 is 58.2 Å². The van der Waals surface area contributed by atoms with Crippen LogP contribution in [0.2, 0.25) is 15.1 Å². The molecular formula is C20H19Cl3N4O2S. The Morgan fingerprint density at radius 1 is 1.17 bits per heavy atom. The number of aromatic nitrogens is 3. The van der Waals surface area contributed by atoms with Crippen LogP contribution in [0.4, 0.5) is 5.69 Å². The van der Waals surface area contributed by atoms with E-state index in [1.54, 1.807) is 0 Å². The minimum atomic E-state index is -0.269. The summed E-state index contributed by atoms with van der Waals surface area (Å²) < 4.78 is 7.78. The topological polar surface area (TPSA) is 69.0 Å². The smallest absolute Gasteiger partial charge is 0.234 e. The van der Waals surface area contributed by atoms with Gasteiger partial charge in [0.05, 0.1) is 21.5 Å². The highest BCUT2D eigenvalue weighted by Gasteiger charge is 2.16. The summed E-state index contributed by atoms with van der Waals surface area (Å²) >= 11 is 19.4. The molecule has 6 nitrogen and oxygen atoms in total. The fourth-order valence-corrected chi connectivity index (χ4v) is 4.41. The number of nitrogens with one attached hydrogen (secondary N) is 1. The van der Waals surface area contributed by atoms with E-state index in [0.29, 0.717) is 28.2 Å². The molecule has 0 fully saturated rings. The quantitative estimate of drug-likeness (QED) is 0.404. The number of carbonyl (C=O) groups excluding carboxylic acids is 1. The van der Waals surface area contributed by atoms with Gasteiger partial charge in [0.15, 0.2) is 11.0 Å². The lowest BCUT2D eigenvalue weighted by Crippen LogP contribution is -2.15. The molecule has 1 heterocycles. The van der Waals surface area contributed by atoms with Crippen molar-refractivity contribution < 1.29 is 9.53 Å². The van der Waals surface area contributed by atoms with Crippen LogP contribution in [0.25, 0.3) is 0 Å². The van der Waals surface area contributed by atoms with E-state index < -0.39 is 0 Å². The third-order valence-electron chi connectivity index (χ3n) is 4.16. The van der Waals surface area contributed by atoms with Gasteiger partial charge in [0.25, 0.3) is 0 Å². The Kier molecular flexibility index (Phi) is 7.88. The van der Waals surface area contributed by atoms with Crippen molar-refractivity contribution in [3.05, 3.63) is 62.9 Å². The second-order valence-electron chi connectivity index (χ2n) is 6.28. The first-order valence-electron chi connectivity index (χ1n) is 9.06. The second-order valence-corrected chi connectivity index (χ2v) is 8.47. The maximum atomic E-state index is 12.4. The van der Waals surface area contributed by atoms with Gasteiger partial charge in [-0.15, -0.1) is 10.2 Å². The molecule has 3 aromatic rings. The minimum Gasteiger partial charge on any atom is -0.485 e. The van der Waals surface area contributed by atoms with Crippen LogP contribution in [0.1, 0.15) is 18.3 Å². The summed E-state index contributed by atoms with van der Waals surface area (Å²) in [6.45, 7) is 4.91. The molecule has 0 bridgehead atoms. The summed E-state index contributed by atoms with van der Waals surface area (Å²) in [7, 11) is 0. The number of ether oxygens (including phenoxy) is 1. The lowest BCUT2D eigenvalue weighted by Gasteiger charge is -2.11. The third kappa shape index (κ3) is 5.60. The molecule has 0 spiro atoms. The Morgan fingerprint density at radius 2 is 1.87 bits per heavy atom. The molecule has 30 heavy (non-hydrogen) atoms. The largest absolute Gasteiger partial charge is 0.485 e. The number of aryl methyl sites for hydroxylation is 1. The first kappa shape index (κ1) is 22.7. The van der Waals surface area contributed by atoms with Crippen LogP contribution < -0.4 is 10.1 Å². The molecular weight excluding hydrogens is 467 g/mol. The van der Waals surface area contributed by atoms with Gasteiger partial charge in [-0.25, -0.2) is 0 Å². The fraction of sp³-hybridized carbons (Fsp3) is 0.250. The molecule has 0 saturated heterocycles. The summed E-state index contributed by atoms with van der Waals surface area (Å²) in [4.78, 5) is 12.4. The van der Waals surface area contributed by atoms with Crippen molar-refractivity contribution in [3.63, 3.8) is 0 Å². The molecule has 0 atom stereocenters. The molecule has 0 aliphatic heterocycles. The summed E-state index contributed by atoms with van der Waals surface area (Å²) in [5.41, 5.74) is 1.38. The lowest BCUT2D eigenvalue weighted by molar-refractivity contribution is -0.113. The van der Waals surface area contributed by atoms with Crippen LogP contribution in [0.15, 0.2) is 41.6 Å². The predicted molar refractivity (Wildman–Crippen MR) is 122 cm³/mol. The van der Waals surface area contributed by atoms with Crippen molar-refractivity contribution in [2.75, 3.05) is 11.1 Å². The summed E-state index contributed by atoms with van der Waals surface area (Å²) in [5, 5.41) is 12.7. The van der Waals surface area contributed by atoms with Gasteiger partial charge in [-0.1, -0.05) is 64.8 Å². The lowest BCUT2D eigenvalue weighted by atomic mass is 10.2. The maximum absolute atomic E-state index is 12.4. The number of hydrogen-bond acceptors (Lipinski definition) is 5. The number of rotatable bonds is 8. The Balaban J connectivity index is 1.62. The van der Waals surface area contributed by atoms with E-state index in [0.717, 1.165) is 11.3 Å². The van der Waals surface area contributed by atoms with Gasteiger partial charge in [0.2, 0.25) is 5.91 Å². The van der Waals surface area contributed by atoms with E-state index in [-0.39, 0.29) is 28.3 Å². The Bertz CT molecular complexity index is 1040. The van der Waals surface area contributed by atoms with Crippen LogP contribution in [0, 0.1) is 6.92 Å². The van der Waals surface area contributed by atoms with Crippen molar-refractivity contribution in [1.82, 2.24) is 14.8 Å². The van der Waals surface area contributed by atoms with E-state index in [9.17, 15) is 4.79 Å². The van der Waals surface area contributed by atoms with Crippen LogP contribution in [0.3, 0.4) is 0 Å². The molecule has 10 heteroatoms. The predicted octanol–water partition coefficient (Wildman–Crippen LogP) is 5.88. The standard InChI is InChI=1S/C20H19Cl3N4O2S/c1-3-27-17(10-29-16-7-5-4-6-12(16)2)25-26-20(27)30-11-18(28)24-19-14(22)8-13(21)9-15(19)23/h4-9H,3,10-11H2,1-2H3,(H,24,28). The number of para-hydroxylation sites is 1. The van der Waals surface area contributed by atoms with Gasteiger partial charge in [-0.05, 0) is 37.6 Å². The van der Waals surface area contributed by atoms with Gasteiger partial charge in [0.1, 0.15) is 12.4 Å². The zero-order valence-electron chi connectivity index (χ0n) is 16.3. The van der Waals surface area contributed by atoms with Gasteiger partial charge in [-0.3, -0.25) is 4.79 Å². The average Bonchev–Trinajstić information content (AvgIpc) is 3.10. The summed E-state index contributed by atoms with van der Waals surface area (Å²) in [6, 6.07) is 10.8. The number of halogens is 3. The van der Waals surface area contributed by atoms with Gasteiger partial charge < -0.3 is 14.6 Å². The monoisotopic (exact) mass is 484 g/mol. The number of amides is 1. The minimum absolute atomic E-state index is 0.117. The van der Waals surface area contributed by atoms with Gasteiger partial charge >= 0.3 is 0 Å². The number of nitrogens with zero attached hydrogens (tertiary/aromatic N) is 3. The highest BCUT2D eigenvalue weighted by Crippen LogP contribution is 2.33. The first-order chi connectivity index (χ1) is 14.4.